The molecule has 20 heavy (non-hydrogen) atoms. The van der Waals surface area contributed by atoms with Crippen molar-refractivity contribution in [2.24, 2.45) is 0 Å². The van der Waals surface area contributed by atoms with Crippen LogP contribution in [-0.2, 0) is 19.6 Å². The number of aromatic nitrogens is 1. The highest BCUT2D eigenvalue weighted by Gasteiger charge is 2.11. The minimum atomic E-state index is 0.480. The Labute approximate surface area is 124 Å². The fourth-order valence-corrected chi connectivity index (χ4v) is 2.64. The van der Waals surface area contributed by atoms with Crippen molar-refractivity contribution in [3.8, 4) is 0 Å². The molecule has 1 N–H and O–H groups in total. The summed E-state index contributed by atoms with van der Waals surface area (Å²) in [4.78, 5) is 6.72. The van der Waals surface area contributed by atoms with E-state index in [4.69, 9.17) is 4.42 Å². The standard InChI is InChI=1S/C15H23N3OS/c1-11(2)16-7-13-5-6-19-15(13)9-18(4)8-14-10-20-12(3)17-14/h5-6,10-11,16H,7-9H2,1-4H3. The molecule has 0 spiro atoms. The van der Waals surface area contributed by atoms with Crippen LogP contribution in [0, 0.1) is 6.92 Å². The molecule has 0 aliphatic heterocycles. The third-order valence-corrected chi connectivity index (χ3v) is 3.87. The van der Waals surface area contributed by atoms with Gasteiger partial charge in [0, 0.05) is 30.1 Å². The van der Waals surface area contributed by atoms with E-state index in [-0.39, 0.29) is 0 Å². The van der Waals surface area contributed by atoms with Gasteiger partial charge in [0.2, 0.25) is 0 Å². The lowest BCUT2D eigenvalue weighted by atomic mass is 10.2. The van der Waals surface area contributed by atoms with E-state index in [2.05, 4.69) is 41.5 Å². The summed E-state index contributed by atoms with van der Waals surface area (Å²) in [6, 6.07) is 2.53. The first kappa shape index (κ1) is 15.2. The second kappa shape index (κ2) is 7.02. The van der Waals surface area contributed by atoms with Gasteiger partial charge >= 0.3 is 0 Å². The van der Waals surface area contributed by atoms with Gasteiger partial charge in [-0.05, 0) is 20.0 Å². The van der Waals surface area contributed by atoms with Gasteiger partial charge in [-0.1, -0.05) is 13.8 Å². The number of hydrogen-bond donors (Lipinski definition) is 1. The van der Waals surface area contributed by atoms with Crippen LogP contribution in [0.3, 0.4) is 0 Å². The summed E-state index contributed by atoms with van der Waals surface area (Å²) >= 11 is 1.70. The Morgan fingerprint density at radius 1 is 1.40 bits per heavy atom. The Bertz CT molecular complexity index is 533. The monoisotopic (exact) mass is 293 g/mol. The first-order valence-electron chi connectivity index (χ1n) is 6.92. The second-order valence-corrected chi connectivity index (χ2v) is 6.50. The molecule has 2 heterocycles. The van der Waals surface area contributed by atoms with Gasteiger partial charge in [0.25, 0.3) is 0 Å². The molecule has 0 bridgehead atoms. The van der Waals surface area contributed by atoms with Crippen molar-refractivity contribution in [2.75, 3.05) is 7.05 Å². The van der Waals surface area contributed by atoms with Crippen LogP contribution in [0.4, 0.5) is 0 Å². The molecule has 2 aromatic rings. The summed E-state index contributed by atoms with van der Waals surface area (Å²) in [5, 5.41) is 6.66. The van der Waals surface area contributed by atoms with Crippen LogP contribution in [-0.4, -0.2) is 23.0 Å². The molecular weight excluding hydrogens is 270 g/mol. The third-order valence-electron chi connectivity index (χ3n) is 3.05. The van der Waals surface area contributed by atoms with Crippen molar-refractivity contribution in [2.45, 2.75) is 46.4 Å². The second-order valence-electron chi connectivity index (χ2n) is 5.43. The summed E-state index contributed by atoms with van der Waals surface area (Å²) in [6.07, 6.45) is 1.77. The highest BCUT2D eigenvalue weighted by atomic mass is 32.1. The van der Waals surface area contributed by atoms with Crippen LogP contribution in [0.1, 0.15) is 35.9 Å². The molecule has 5 heteroatoms. The predicted molar refractivity (Wildman–Crippen MR) is 82.7 cm³/mol. The minimum Gasteiger partial charge on any atom is -0.468 e. The zero-order valence-electron chi connectivity index (χ0n) is 12.6. The number of aryl methyl sites for hydroxylation is 1. The number of furan rings is 1. The van der Waals surface area contributed by atoms with Crippen molar-refractivity contribution in [1.82, 2.24) is 15.2 Å². The molecule has 0 aliphatic rings. The minimum absolute atomic E-state index is 0.480. The lowest BCUT2D eigenvalue weighted by Crippen LogP contribution is -2.23. The zero-order chi connectivity index (χ0) is 14.5. The van der Waals surface area contributed by atoms with E-state index >= 15 is 0 Å². The highest BCUT2D eigenvalue weighted by Crippen LogP contribution is 2.15. The Morgan fingerprint density at radius 3 is 2.85 bits per heavy atom. The number of thiazole rings is 1. The first-order chi connectivity index (χ1) is 9.54. The topological polar surface area (TPSA) is 41.3 Å². The summed E-state index contributed by atoms with van der Waals surface area (Å²) in [5.41, 5.74) is 2.36. The average Bonchev–Trinajstić information content (AvgIpc) is 2.96. The molecule has 0 fully saturated rings. The maximum absolute atomic E-state index is 5.61. The summed E-state index contributed by atoms with van der Waals surface area (Å²) in [5.74, 6) is 1.03. The molecule has 0 aliphatic carbocycles. The fraction of sp³-hybridized carbons (Fsp3) is 0.533. The maximum atomic E-state index is 5.61. The number of hydrogen-bond acceptors (Lipinski definition) is 5. The Hall–Kier alpha value is -1.17. The molecule has 2 aromatic heterocycles. The Balaban J connectivity index is 1.90. The number of nitrogens with one attached hydrogen (secondary N) is 1. The van der Waals surface area contributed by atoms with Gasteiger partial charge < -0.3 is 9.73 Å². The zero-order valence-corrected chi connectivity index (χ0v) is 13.5. The molecule has 0 saturated carbocycles. The van der Waals surface area contributed by atoms with E-state index in [9.17, 15) is 0 Å². The Kier molecular flexibility index (Phi) is 5.34. The molecule has 2 rings (SSSR count). The summed E-state index contributed by atoms with van der Waals surface area (Å²) < 4.78 is 5.61. The molecule has 0 radical (unpaired) electrons. The smallest absolute Gasteiger partial charge is 0.122 e. The van der Waals surface area contributed by atoms with Gasteiger partial charge in [0.05, 0.1) is 23.5 Å². The van der Waals surface area contributed by atoms with Gasteiger partial charge in [-0.25, -0.2) is 4.98 Å². The summed E-state index contributed by atoms with van der Waals surface area (Å²) in [6.45, 7) is 8.84. The van der Waals surface area contributed by atoms with Gasteiger partial charge in [-0.3, -0.25) is 4.90 Å². The lowest BCUT2D eigenvalue weighted by molar-refractivity contribution is 0.283. The predicted octanol–water partition coefficient (Wildman–Crippen LogP) is 3.17. The lowest BCUT2D eigenvalue weighted by Gasteiger charge is -2.15. The fourth-order valence-electron chi connectivity index (χ4n) is 2.04. The van der Waals surface area contributed by atoms with Crippen LogP contribution in [0.5, 0.6) is 0 Å². The molecule has 0 aromatic carbocycles. The van der Waals surface area contributed by atoms with E-state index < -0.39 is 0 Å². The van der Waals surface area contributed by atoms with E-state index in [0.29, 0.717) is 6.04 Å². The van der Waals surface area contributed by atoms with Crippen LogP contribution in [0.15, 0.2) is 22.1 Å². The number of rotatable bonds is 7. The van der Waals surface area contributed by atoms with Gasteiger partial charge in [-0.2, -0.15) is 0 Å². The van der Waals surface area contributed by atoms with Crippen LogP contribution >= 0.6 is 11.3 Å². The van der Waals surface area contributed by atoms with Crippen LogP contribution < -0.4 is 5.32 Å². The first-order valence-corrected chi connectivity index (χ1v) is 7.80. The largest absolute Gasteiger partial charge is 0.468 e. The van der Waals surface area contributed by atoms with Crippen LogP contribution in [0.25, 0.3) is 0 Å². The third kappa shape index (κ3) is 4.44. The van der Waals surface area contributed by atoms with E-state index in [1.54, 1.807) is 17.6 Å². The van der Waals surface area contributed by atoms with Gasteiger partial charge in [0.15, 0.2) is 0 Å². The molecule has 110 valence electrons. The summed E-state index contributed by atoms with van der Waals surface area (Å²) in [7, 11) is 2.09. The molecule has 0 amide bonds. The average molecular weight is 293 g/mol. The van der Waals surface area contributed by atoms with Crippen molar-refractivity contribution in [1.29, 1.82) is 0 Å². The molecule has 4 nitrogen and oxygen atoms in total. The Morgan fingerprint density at radius 2 is 2.20 bits per heavy atom. The quantitative estimate of drug-likeness (QED) is 0.851. The van der Waals surface area contributed by atoms with E-state index in [1.165, 1.54) is 5.56 Å². The maximum Gasteiger partial charge on any atom is 0.122 e. The molecule has 0 unspecified atom stereocenters. The van der Waals surface area contributed by atoms with Gasteiger partial charge in [-0.15, -0.1) is 11.3 Å². The highest BCUT2D eigenvalue weighted by molar-refractivity contribution is 7.09. The van der Waals surface area contributed by atoms with Crippen molar-refractivity contribution < 1.29 is 4.42 Å². The van der Waals surface area contributed by atoms with Crippen molar-refractivity contribution in [3.05, 3.63) is 39.7 Å². The SMILES string of the molecule is Cc1nc(CN(C)Cc2occc2CNC(C)C)cs1. The van der Waals surface area contributed by atoms with Gasteiger partial charge in [0.1, 0.15) is 5.76 Å². The molecule has 0 atom stereocenters. The van der Waals surface area contributed by atoms with Crippen molar-refractivity contribution in [3.63, 3.8) is 0 Å². The molecular formula is C15H23N3OS. The van der Waals surface area contributed by atoms with Crippen molar-refractivity contribution >= 4 is 11.3 Å². The van der Waals surface area contributed by atoms with E-state index in [0.717, 1.165) is 36.1 Å². The van der Waals surface area contributed by atoms with E-state index in [1.807, 2.05) is 13.0 Å². The molecule has 0 saturated heterocycles. The van der Waals surface area contributed by atoms with Crippen LogP contribution in [0.2, 0.25) is 0 Å². The number of nitrogens with zero attached hydrogens (tertiary/aromatic N) is 2. The normalized spacial score (nSPS) is 11.7.